The van der Waals surface area contributed by atoms with Gasteiger partial charge in [0.25, 0.3) is 17.1 Å². The van der Waals surface area contributed by atoms with Crippen molar-refractivity contribution < 1.29 is 28.6 Å². The maximum absolute atomic E-state index is 12.8. The van der Waals surface area contributed by atoms with Crippen molar-refractivity contribution in [1.82, 2.24) is 10.2 Å². The second kappa shape index (κ2) is 12.9. The summed E-state index contributed by atoms with van der Waals surface area (Å²) < 4.78 is 16.5. The second-order valence-corrected chi connectivity index (χ2v) is 8.65. The first-order valence-corrected chi connectivity index (χ1v) is 12.4. The molecule has 186 valence electrons. The minimum Gasteiger partial charge on any atom is -0.494 e. The summed E-state index contributed by atoms with van der Waals surface area (Å²) in [5.74, 6) is 1.19. The molecule has 3 amide bonds. The molecule has 35 heavy (non-hydrogen) atoms. The van der Waals surface area contributed by atoms with E-state index in [2.05, 4.69) is 12.2 Å². The molecule has 3 rings (SSSR count). The largest absolute Gasteiger partial charge is 0.494 e. The molecule has 0 radical (unpaired) electrons. The summed E-state index contributed by atoms with van der Waals surface area (Å²) in [6, 6.07) is 12.2. The van der Waals surface area contributed by atoms with Crippen LogP contribution in [0.15, 0.2) is 47.4 Å². The lowest BCUT2D eigenvalue weighted by Crippen LogP contribution is -2.37. The molecule has 0 aliphatic carbocycles. The number of carbonyl (C=O) groups is 3. The Morgan fingerprint density at radius 2 is 1.83 bits per heavy atom. The highest BCUT2D eigenvalue weighted by Crippen LogP contribution is 2.34. The Balaban J connectivity index is 1.55. The number of ether oxygens (including phenoxy) is 3. The molecule has 1 saturated heterocycles. The Labute approximate surface area is 209 Å². The van der Waals surface area contributed by atoms with Crippen LogP contribution in [-0.4, -0.2) is 55.4 Å². The standard InChI is InChI=1S/C26H30N2O6S/c1-4-6-15-34-20-10-8-19(9-11-20)24(29)27-13-14-28-25(30)23(35-26(28)31)17-18-7-12-21(33-5-2)22(16-18)32-3/h7-12,16-17H,4-6,13-15H2,1-3H3,(H,27,29). The van der Waals surface area contributed by atoms with Crippen LogP contribution >= 0.6 is 11.8 Å². The van der Waals surface area contributed by atoms with E-state index >= 15 is 0 Å². The van der Waals surface area contributed by atoms with Crippen LogP contribution in [0.5, 0.6) is 17.2 Å². The van der Waals surface area contributed by atoms with Crippen LogP contribution in [0.3, 0.4) is 0 Å². The van der Waals surface area contributed by atoms with Gasteiger partial charge in [0, 0.05) is 18.7 Å². The van der Waals surface area contributed by atoms with Gasteiger partial charge in [0.05, 0.1) is 25.2 Å². The van der Waals surface area contributed by atoms with Crippen LogP contribution in [0.25, 0.3) is 6.08 Å². The second-order valence-electron chi connectivity index (χ2n) is 7.66. The molecule has 0 unspecified atom stereocenters. The maximum Gasteiger partial charge on any atom is 0.293 e. The van der Waals surface area contributed by atoms with Gasteiger partial charge in [-0.1, -0.05) is 19.4 Å². The highest BCUT2D eigenvalue weighted by molar-refractivity contribution is 8.18. The van der Waals surface area contributed by atoms with E-state index in [1.807, 2.05) is 6.92 Å². The van der Waals surface area contributed by atoms with Crippen molar-refractivity contribution in [2.45, 2.75) is 26.7 Å². The lowest BCUT2D eigenvalue weighted by Gasteiger charge is -2.13. The van der Waals surface area contributed by atoms with Gasteiger partial charge in [-0.05, 0) is 73.1 Å². The summed E-state index contributed by atoms with van der Waals surface area (Å²) in [6.45, 7) is 5.35. The quantitative estimate of drug-likeness (QED) is 0.334. The van der Waals surface area contributed by atoms with Gasteiger partial charge < -0.3 is 19.5 Å². The zero-order valence-corrected chi connectivity index (χ0v) is 21.0. The molecule has 0 bridgehead atoms. The van der Waals surface area contributed by atoms with Crippen LogP contribution < -0.4 is 19.5 Å². The van der Waals surface area contributed by atoms with Crippen LogP contribution in [0.1, 0.15) is 42.6 Å². The summed E-state index contributed by atoms with van der Waals surface area (Å²) in [5.41, 5.74) is 1.19. The molecule has 0 saturated carbocycles. The molecule has 2 aromatic rings. The van der Waals surface area contributed by atoms with Gasteiger partial charge >= 0.3 is 0 Å². The number of methoxy groups -OCH3 is 1. The summed E-state index contributed by atoms with van der Waals surface area (Å²) in [5, 5.41) is 2.38. The first kappa shape index (κ1) is 26.2. The smallest absolute Gasteiger partial charge is 0.293 e. The van der Waals surface area contributed by atoms with Crippen LogP contribution in [0.2, 0.25) is 0 Å². The van der Waals surface area contributed by atoms with E-state index in [1.54, 1.807) is 55.7 Å². The Kier molecular flexibility index (Phi) is 9.60. The van der Waals surface area contributed by atoms with Gasteiger partial charge in [0.15, 0.2) is 11.5 Å². The first-order valence-electron chi connectivity index (χ1n) is 11.5. The zero-order chi connectivity index (χ0) is 25.2. The van der Waals surface area contributed by atoms with Crippen molar-refractivity contribution in [2.24, 2.45) is 0 Å². The lowest BCUT2D eigenvalue weighted by molar-refractivity contribution is -0.122. The number of rotatable bonds is 12. The van der Waals surface area contributed by atoms with E-state index < -0.39 is 5.91 Å². The van der Waals surface area contributed by atoms with Crippen molar-refractivity contribution in [2.75, 3.05) is 33.4 Å². The molecule has 0 spiro atoms. The molecule has 1 aliphatic heterocycles. The van der Waals surface area contributed by atoms with Crippen LogP contribution in [0.4, 0.5) is 4.79 Å². The number of hydrogen-bond donors (Lipinski definition) is 1. The van der Waals surface area contributed by atoms with Gasteiger partial charge in [-0.15, -0.1) is 0 Å². The monoisotopic (exact) mass is 498 g/mol. The SMILES string of the molecule is CCCCOc1ccc(C(=O)NCCN2C(=O)SC(=Cc3ccc(OCC)c(OC)c3)C2=O)cc1. The Morgan fingerprint density at radius 1 is 1.06 bits per heavy atom. The average Bonchev–Trinajstić information content (AvgIpc) is 3.12. The molecule has 0 atom stereocenters. The number of thioether (sulfide) groups is 1. The van der Waals surface area contributed by atoms with E-state index in [4.69, 9.17) is 14.2 Å². The Morgan fingerprint density at radius 3 is 2.51 bits per heavy atom. The van der Waals surface area contributed by atoms with E-state index in [9.17, 15) is 14.4 Å². The highest BCUT2D eigenvalue weighted by Gasteiger charge is 2.34. The molecule has 9 heteroatoms. The van der Waals surface area contributed by atoms with Crippen molar-refractivity contribution in [1.29, 1.82) is 0 Å². The molecule has 1 aliphatic rings. The van der Waals surface area contributed by atoms with Gasteiger partial charge in [0.2, 0.25) is 0 Å². The highest BCUT2D eigenvalue weighted by atomic mass is 32.2. The molecule has 1 fully saturated rings. The Bertz CT molecular complexity index is 1080. The normalized spacial score (nSPS) is 14.4. The fourth-order valence-corrected chi connectivity index (χ4v) is 4.18. The minimum absolute atomic E-state index is 0.0819. The summed E-state index contributed by atoms with van der Waals surface area (Å²) in [6.07, 6.45) is 3.67. The summed E-state index contributed by atoms with van der Waals surface area (Å²) in [4.78, 5) is 39.0. The van der Waals surface area contributed by atoms with Crippen LogP contribution in [-0.2, 0) is 4.79 Å². The van der Waals surface area contributed by atoms with Gasteiger partial charge in [0.1, 0.15) is 5.75 Å². The van der Waals surface area contributed by atoms with Crippen molar-refractivity contribution >= 4 is 34.9 Å². The van der Waals surface area contributed by atoms with Gasteiger partial charge in [-0.2, -0.15) is 0 Å². The van der Waals surface area contributed by atoms with Crippen molar-refractivity contribution in [3.05, 3.63) is 58.5 Å². The first-order chi connectivity index (χ1) is 17.0. The van der Waals surface area contributed by atoms with Gasteiger partial charge in [-0.3, -0.25) is 19.3 Å². The summed E-state index contributed by atoms with van der Waals surface area (Å²) >= 11 is 0.869. The molecular formula is C26H30N2O6S. The molecule has 0 aromatic heterocycles. The molecular weight excluding hydrogens is 468 g/mol. The van der Waals surface area contributed by atoms with E-state index in [-0.39, 0.29) is 24.2 Å². The zero-order valence-electron chi connectivity index (χ0n) is 20.2. The number of nitrogens with zero attached hydrogens (tertiary/aromatic N) is 1. The molecule has 1 heterocycles. The van der Waals surface area contributed by atoms with Crippen molar-refractivity contribution in [3.63, 3.8) is 0 Å². The van der Waals surface area contributed by atoms with Crippen molar-refractivity contribution in [3.8, 4) is 17.2 Å². The third-order valence-corrected chi connectivity index (χ3v) is 6.07. The number of imide groups is 1. The third kappa shape index (κ3) is 7.02. The topological polar surface area (TPSA) is 94.2 Å². The van der Waals surface area contributed by atoms with E-state index in [0.717, 1.165) is 29.5 Å². The number of nitrogens with one attached hydrogen (secondary N) is 1. The number of unbranched alkanes of at least 4 members (excludes halogenated alkanes) is 1. The number of carbonyl (C=O) groups excluding carboxylic acids is 3. The third-order valence-electron chi connectivity index (χ3n) is 5.16. The van der Waals surface area contributed by atoms with Gasteiger partial charge in [-0.25, -0.2) is 0 Å². The van der Waals surface area contributed by atoms with Crippen LogP contribution in [0, 0.1) is 0 Å². The predicted molar refractivity (Wildman–Crippen MR) is 136 cm³/mol. The number of amides is 3. The van der Waals surface area contributed by atoms with E-state index in [1.165, 1.54) is 0 Å². The fraction of sp³-hybridized carbons (Fsp3) is 0.346. The molecule has 2 aromatic carbocycles. The Hall–Kier alpha value is -3.46. The lowest BCUT2D eigenvalue weighted by atomic mass is 10.2. The molecule has 8 nitrogen and oxygen atoms in total. The summed E-state index contributed by atoms with van der Waals surface area (Å²) in [7, 11) is 1.54. The fourth-order valence-electron chi connectivity index (χ4n) is 3.31. The predicted octanol–water partition coefficient (Wildman–Crippen LogP) is 4.74. The minimum atomic E-state index is -0.393. The average molecular weight is 499 g/mol. The molecule has 1 N–H and O–H groups in total. The van der Waals surface area contributed by atoms with E-state index in [0.29, 0.717) is 46.5 Å². The number of hydrogen-bond acceptors (Lipinski definition) is 7. The number of benzene rings is 2. The maximum atomic E-state index is 12.8.